The minimum Gasteiger partial charge on any atom is -0.477 e. The van der Waals surface area contributed by atoms with E-state index in [-0.39, 0.29) is 34.1 Å². The van der Waals surface area contributed by atoms with Crippen LogP contribution in [0.3, 0.4) is 0 Å². The number of nitrogens with zero attached hydrogens (tertiary/aromatic N) is 2. The molecule has 1 aliphatic heterocycles. The van der Waals surface area contributed by atoms with E-state index in [9.17, 15) is 19.5 Å². The number of hydrogen-bond acceptors (Lipinski definition) is 5. The van der Waals surface area contributed by atoms with Gasteiger partial charge in [0.25, 0.3) is 0 Å². The minimum atomic E-state index is -1.43. The van der Waals surface area contributed by atoms with Crippen molar-refractivity contribution in [2.75, 3.05) is 24.5 Å². The lowest BCUT2D eigenvalue weighted by Crippen LogP contribution is -2.36. The van der Waals surface area contributed by atoms with Gasteiger partial charge in [-0.25, -0.2) is 18.4 Å². The van der Waals surface area contributed by atoms with Crippen LogP contribution in [0.2, 0.25) is 0 Å². The summed E-state index contributed by atoms with van der Waals surface area (Å²) < 4.78 is 38.0. The van der Waals surface area contributed by atoms with Gasteiger partial charge in [-0.2, -0.15) is 0 Å². The Kier molecular flexibility index (Phi) is 6.03. The van der Waals surface area contributed by atoms with Crippen molar-refractivity contribution in [1.29, 1.82) is 0 Å². The lowest BCUT2D eigenvalue weighted by molar-refractivity contribution is 0.0520. The normalized spacial score (nSPS) is 18.4. The molecule has 1 aromatic heterocycles. The fourth-order valence-electron chi connectivity index (χ4n) is 4.52. The molecule has 2 aliphatic rings. The van der Waals surface area contributed by atoms with Gasteiger partial charge in [0, 0.05) is 37.4 Å². The lowest BCUT2D eigenvalue weighted by Gasteiger charge is -2.24. The van der Waals surface area contributed by atoms with Crippen molar-refractivity contribution in [2.45, 2.75) is 58.6 Å². The summed E-state index contributed by atoms with van der Waals surface area (Å²) in [7, 11) is 0. The number of pyridine rings is 1. The predicted octanol–water partition coefficient (Wildman–Crippen LogP) is 3.97. The average molecular weight is 478 g/mol. The zero-order chi connectivity index (χ0) is 24.9. The van der Waals surface area contributed by atoms with E-state index in [0.717, 1.165) is 12.8 Å². The summed E-state index contributed by atoms with van der Waals surface area (Å²) >= 11 is 0. The zero-order valence-electron chi connectivity index (χ0n) is 19.7. The molecule has 0 radical (unpaired) electrons. The molecular weight excluding hydrogens is 448 g/mol. The molecule has 2 fully saturated rings. The molecule has 34 heavy (non-hydrogen) atoms. The first kappa shape index (κ1) is 24.0. The maximum absolute atomic E-state index is 15.9. The number of carboxylic acids is 1. The fourth-order valence-corrected chi connectivity index (χ4v) is 4.52. The van der Waals surface area contributed by atoms with E-state index in [0.29, 0.717) is 26.1 Å². The molecule has 184 valence electrons. The van der Waals surface area contributed by atoms with Crippen LogP contribution in [0.15, 0.2) is 11.0 Å². The minimum absolute atomic E-state index is 0.0395. The Balaban J connectivity index is 1.67. The molecule has 2 N–H and O–H groups in total. The first-order chi connectivity index (χ1) is 15.9. The second kappa shape index (κ2) is 8.56. The van der Waals surface area contributed by atoms with Gasteiger partial charge in [-0.1, -0.05) is 0 Å². The molecule has 10 heteroatoms. The van der Waals surface area contributed by atoms with Gasteiger partial charge in [0.15, 0.2) is 11.6 Å². The van der Waals surface area contributed by atoms with Gasteiger partial charge in [0.2, 0.25) is 5.43 Å². The second-order valence-corrected chi connectivity index (χ2v) is 10.1. The van der Waals surface area contributed by atoms with Gasteiger partial charge in [-0.15, -0.1) is 0 Å². The molecule has 1 unspecified atom stereocenters. The quantitative estimate of drug-likeness (QED) is 0.676. The number of alkyl carbamates (subject to hydrolysis) is 1. The average Bonchev–Trinajstić information content (AvgIpc) is 3.47. The number of carbonyl (C=O) groups is 2. The lowest BCUT2D eigenvalue weighted by atomic mass is 10.0. The number of aromatic carboxylic acids is 1. The number of aryl methyl sites for hydroxylation is 1. The Morgan fingerprint density at radius 3 is 2.47 bits per heavy atom. The molecule has 8 nitrogen and oxygen atoms in total. The molecule has 1 aromatic carbocycles. The molecule has 2 aromatic rings. The molecular formula is C24H29F2N3O5. The number of anilines is 1. The van der Waals surface area contributed by atoms with E-state index in [1.807, 2.05) is 0 Å². The van der Waals surface area contributed by atoms with Crippen LogP contribution in [-0.2, 0) is 4.74 Å². The predicted molar refractivity (Wildman–Crippen MR) is 123 cm³/mol. The van der Waals surface area contributed by atoms with Crippen LogP contribution in [0, 0.1) is 24.5 Å². The first-order valence-corrected chi connectivity index (χ1v) is 11.4. The van der Waals surface area contributed by atoms with Crippen LogP contribution in [-0.4, -0.2) is 47.0 Å². The molecule has 2 heterocycles. The van der Waals surface area contributed by atoms with Gasteiger partial charge in [-0.3, -0.25) is 4.79 Å². The fraction of sp³-hybridized carbons (Fsp3) is 0.542. The number of ether oxygens (including phenoxy) is 1. The van der Waals surface area contributed by atoms with Crippen LogP contribution < -0.4 is 15.6 Å². The Hall–Kier alpha value is -3.17. The molecule has 4 rings (SSSR count). The summed E-state index contributed by atoms with van der Waals surface area (Å²) in [5.74, 6) is -3.19. The molecule has 1 saturated heterocycles. The van der Waals surface area contributed by atoms with E-state index in [1.54, 1.807) is 25.7 Å². The van der Waals surface area contributed by atoms with Gasteiger partial charge < -0.3 is 24.6 Å². The van der Waals surface area contributed by atoms with Crippen molar-refractivity contribution in [3.63, 3.8) is 0 Å². The second-order valence-electron chi connectivity index (χ2n) is 10.1. The number of aromatic nitrogens is 1. The number of halogens is 2. The molecule has 0 bridgehead atoms. The smallest absolute Gasteiger partial charge is 0.407 e. The number of benzene rings is 1. The largest absolute Gasteiger partial charge is 0.477 e. The van der Waals surface area contributed by atoms with Crippen LogP contribution in [0.25, 0.3) is 10.9 Å². The SMILES string of the molecule is Cc1c(F)c(N2CCC(CNC(=O)OC(C)(C)C)C2)c(F)c2c1c(=O)c(C(=O)O)cn2C1CC1. The third-order valence-corrected chi connectivity index (χ3v) is 6.27. The molecule has 1 atom stereocenters. The van der Waals surface area contributed by atoms with E-state index in [4.69, 9.17) is 4.74 Å². The van der Waals surface area contributed by atoms with E-state index >= 15 is 8.78 Å². The number of amides is 1. The van der Waals surface area contributed by atoms with Crippen molar-refractivity contribution < 1.29 is 28.2 Å². The monoisotopic (exact) mass is 477 g/mol. The van der Waals surface area contributed by atoms with Crippen LogP contribution in [0.5, 0.6) is 0 Å². The summed E-state index contributed by atoms with van der Waals surface area (Å²) in [6, 6.07) is -0.127. The van der Waals surface area contributed by atoms with E-state index in [2.05, 4.69) is 5.32 Å². The molecule has 0 spiro atoms. The van der Waals surface area contributed by atoms with Crippen LogP contribution >= 0.6 is 0 Å². The van der Waals surface area contributed by atoms with Crippen molar-refractivity contribution in [3.8, 4) is 0 Å². The summed E-state index contributed by atoms with van der Waals surface area (Å²) in [5.41, 5.74) is -2.35. The first-order valence-electron chi connectivity index (χ1n) is 11.4. The highest BCUT2D eigenvalue weighted by molar-refractivity contribution is 5.95. The summed E-state index contributed by atoms with van der Waals surface area (Å²) in [5, 5.41) is 11.9. The van der Waals surface area contributed by atoms with E-state index in [1.165, 1.54) is 17.7 Å². The Morgan fingerprint density at radius 1 is 1.21 bits per heavy atom. The van der Waals surface area contributed by atoms with E-state index < -0.39 is 40.3 Å². The maximum Gasteiger partial charge on any atom is 0.407 e. The molecule has 1 saturated carbocycles. The number of carboxylic acid groups (broad SMARTS) is 1. The summed E-state index contributed by atoms with van der Waals surface area (Å²) in [6.45, 7) is 7.66. The Bertz CT molecular complexity index is 1230. The number of nitrogens with one attached hydrogen (secondary N) is 1. The number of rotatable bonds is 5. The van der Waals surface area contributed by atoms with Gasteiger partial charge in [0.05, 0.1) is 10.9 Å². The highest BCUT2D eigenvalue weighted by Crippen LogP contribution is 2.41. The topological polar surface area (TPSA) is 101 Å². The number of carbonyl (C=O) groups excluding carboxylic acids is 1. The summed E-state index contributed by atoms with van der Waals surface area (Å²) in [6.07, 6.45) is 2.69. The van der Waals surface area contributed by atoms with Gasteiger partial charge >= 0.3 is 12.1 Å². The Labute approximate surface area is 195 Å². The van der Waals surface area contributed by atoms with Crippen LogP contribution in [0.1, 0.15) is 62.0 Å². The van der Waals surface area contributed by atoms with Crippen molar-refractivity contribution in [2.24, 2.45) is 5.92 Å². The maximum atomic E-state index is 15.9. The van der Waals surface area contributed by atoms with Crippen LogP contribution in [0.4, 0.5) is 19.3 Å². The third-order valence-electron chi connectivity index (χ3n) is 6.27. The molecule has 1 amide bonds. The van der Waals surface area contributed by atoms with Crippen molar-refractivity contribution in [3.05, 3.63) is 39.2 Å². The van der Waals surface area contributed by atoms with Gasteiger partial charge in [0.1, 0.15) is 16.9 Å². The van der Waals surface area contributed by atoms with Crippen molar-refractivity contribution >= 4 is 28.7 Å². The summed E-state index contributed by atoms with van der Waals surface area (Å²) in [4.78, 5) is 38.0. The van der Waals surface area contributed by atoms with Crippen molar-refractivity contribution in [1.82, 2.24) is 9.88 Å². The molecule has 1 aliphatic carbocycles. The highest BCUT2D eigenvalue weighted by atomic mass is 19.1. The number of fused-ring (bicyclic) bond motifs is 1. The Morgan fingerprint density at radius 2 is 1.88 bits per heavy atom. The zero-order valence-corrected chi connectivity index (χ0v) is 19.7. The standard InChI is InChI=1S/C24H29F2N3O5/c1-12-16-19(29(14-5-6-14)11-15(21(16)30)22(31)32)18(26)20(17(12)25)28-8-7-13(10-28)9-27-23(33)34-24(2,3)4/h11,13-14H,5-10H2,1-4H3,(H,27,33)(H,31,32). The number of hydrogen-bond donors (Lipinski definition) is 2. The third kappa shape index (κ3) is 4.45. The van der Waals surface area contributed by atoms with Gasteiger partial charge in [-0.05, 0) is 52.9 Å². The highest BCUT2D eigenvalue weighted by Gasteiger charge is 2.34.